The zero-order chi connectivity index (χ0) is 46.6. The molecule has 0 amide bonds. The highest BCUT2D eigenvalue weighted by atomic mass is 16.8. The summed E-state index contributed by atoms with van der Waals surface area (Å²) in [6, 6.07) is 0. The van der Waals surface area contributed by atoms with E-state index >= 15 is 0 Å². The molecule has 0 spiro atoms. The van der Waals surface area contributed by atoms with Gasteiger partial charge in [-0.3, -0.25) is 4.79 Å². The molecule has 0 aromatic heterocycles. The Labute approximate surface area is 376 Å². The van der Waals surface area contributed by atoms with Gasteiger partial charge in [0.15, 0.2) is 12.6 Å². The number of esters is 1. The van der Waals surface area contributed by atoms with Crippen molar-refractivity contribution in [2.75, 3.05) is 13.2 Å². The van der Waals surface area contributed by atoms with Crippen LogP contribution in [0.25, 0.3) is 0 Å². The fourth-order valence-corrected chi connectivity index (χ4v) is 14.7. The molecule has 17 nitrogen and oxygen atoms in total. The minimum atomic E-state index is -1.83. The third-order valence-corrected chi connectivity index (χ3v) is 18.5. The second-order valence-electron chi connectivity index (χ2n) is 22.8. The Morgan fingerprint density at radius 3 is 2.06 bits per heavy atom. The van der Waals surface area contributed by atoms with E-state index in [-0.39, 0.29) is 28.3 Å². The van der Waals surface area contributed by atoms with Crippen molar-refractivity contribution in [1.82, 2.24) is 0 Å². The number of carbonyl (C=O) groups excluding carboxylic acids is 1. The summed E-state index contributed by atoms with van der Waals surface area (Å²) in [6.07, 6.45) is -13.5. The lowest BCUT2D eigenvalue weighted by atomic mass is 9.38. The summed E-state index contributed by atoms with van der Waals surface area (Å²) < 4.78 is 34.8. The number of carbonyl (C=O) groups is 1. The molecular formula is C47H76O17. The van der Waals surface area contributed by atoms with Crippen LogP contribution in [0.3, 0.4) is 0 Å². The van der Waals surface area contributed by atoms with Crippen LogP contribution in [0, 0.1) is 50.7 Å². The van der Waals surface area contributed by atoms with E-state index < -0.39 is 122 Å². The maximum absolute atomic E-state index is 15.0. The van der Waals surface area contributed by atoms with E-state index in [1.165, 1.54) is 12.5 Å². The number of aliphatic hydroxyl groups excluding tert-OH is 10. The highest BCUT2D eigenvalue weighted by Crippen LogP contribution is 2.72. The van der Waals surface area contributed by atoms with Crippen molar-refractivity contribution in [1.29, 1.82) is 0 Å². The maximum atomic E-state index is 15.0. The SMILES string of the molecule is CC1OC(OC2C(CO)OC(OCC3OC(OC(=O)C45CC=C6C7CCC8C(C)(C)C(O)CCC8(C)C7CCC6C4(C)CC(C)(C)CC5)C(O)C(O)C3O)C(O)C2O)C(O)C(O)C1O. The Kier molecular flexibility index (Phi) is 13.4. The predicted octanol–water partition coefficient (Wildman–Crippen LogP) is 0.778. The third kappa shape index (κ3) is 7.85. The normalized spacial score (nSPS) is 53.4. The largest absolute Gasteiger partial charge is 0.432 e. The van der Waals surface area contributed by atoms with Gasteiger partial charge in [-0.2, -0.15) is 0 Å². The Balaban J connectivity index is 0.965. The fourth-order valence-electron chi connectivity index (χ4n) is 14.7. The Morgan fingerprint density at radius 1 is 0.703 bits per heavy atom. The van der Waals surface area contributed by atoms with Gasteiger partial charge in [0.2, 0.25) is 6.29 Å². The van der Waals surface area contributed by atoms with E-state index in [0.29, 0.717) is 30.6 Å². The van der Waals surface area contributed by atoms with Crippen LogP contribution in [0.2, 0.25) is 0 Å². The molecule has 23 unspecified atom stereocenters. The summed E-state index contributed by atoms with van der Waals surface area (Å²) in [4.78, 5) is 15.0. The molecule has 0 aromatic carbocycles. The van der Waals surface area contributed by atoms with Crippen LogP contribution in [0.5, 0.6) is 0 Å². The van der Waals surface area contributed by atoms with Crippen LogP contribution in [0.4, 0.5) is 0 Å². The molecule has 10 N–H and O–H groups in total. The predicted molar refractivity (Wildman–Crippen MR) is 224 cm³/mol. The first kappa shape index (κ1) is 49.0. The number of aliphatic hydroxyl groups is 10. The highest BCUT2D eigenvalue weighted by Gasteiger charge is 2.67. The first-order chi connectivity index (χ1) is 29.9. The Bertz CT molecular complexity index is 1720. The fraction of sp³-hybridized carbons (Fsp3) is 0.936. The Hall–Kier alpha value is -1.39. The van der Waals surface area contributed by atoms with Crippen LogP contribution in [-0.2, 0) is 33.2 Å². The van der Waals surface area contributed by atoms with Gasteiger partial charge >= 0.3 is 5.97 Å². The molecule has 7 fully saturated rings. The molecule has 23 atom stereocenters. The van der Waals surface area contributed by atoms with Crippen molar-refractivity contribution in [3.05, 3.63) is 11.6 Å². The number of ether oxygens (including phenoxy) is 6. The molecule has 366 valence electrons. The Morgan fingerprint density at radius 2 is 1.36 bits per heavy atom. The summed E-state index contributed by atoms with van der Waals surface area (Å²) in [7, 11) is 0. The monoisotopic (exact) mass is 913 g/mol. The van der Waals surface area contributed by atoms with Crippen molar-refractivity contribution in [2.24, 2.45) is 50.7 Å². The lowest BCUT2D eigenvalue weighted by Crippen LogP contribution is -2.65. The van der Waals surface area contributed by atoms with E-state index in [2.05, 4.69) is 47.6 Å². The van der Waals surface area contributed by atoms with Crippen molar-refractivity contribution in [3.63, 3.8) is 0 Å². The molecule has 0 aromatic rings. The first-order valence-corrected chi connectivity index (χ1v) is 23.8. The molecule has 64 heavy (non-hydrogen) atoms. The molecule has 3 saturated heterocycles. The zero-order valence-corrected chi connectivity index (χ0v) is 38.4. The number of fused-ring (bicyclic) bond motifs is 7. The van der Waals surface area contributed by atoms with Gasteiger partial charge in [-0.15, -0.1) is 0 Å². The van der Waals surface area contributed by atoms with Crippen molar-refractivity contribution in [3.8, 4) is 0 Å². The molecule has 3 heterocycles. The van der Waals surface area contributed by atoms with Crippen molar-refractivity contribution >= 4 is 5.97 Å². The van der Waals surface area contributed by atoms with Crippen LogP contribution >= 0.6 is 0 Å². The van der Waals surface area contributed by atoms with E-state index in [1.54, 1.807) is 0 Å². The van der Waals surface area contributed by atoms with Crippen LogP contribution in [0.15, 0.2) is 11.6 Å². The van der Waals surface area contributed by atoms with Gasteiger partial charge < -0.3 is 79.5 Å². The van der Waals surface area contributed by atoms with Crippen LogP contribution < -0.4 is 0 Å². The smallest absolute Gasteiger partial charge is 0.315 e. The molecule has 0 radical (unpaired) electrons. The number of hydrogen-bond donors (Lipinski definition) is 10. The van der Waals surface area contributed by atoms with E-state index in [4.69, 9.17) is 28.4 Å². The lowest BCUT2D eigenvalue weighted by Gasteiger charge is -2.66. The van der Waals surface area contributed by atoms with Gasteiger partial charge in [-0.25, -0.2) is 0 Å². The summed E-state index contributed by atoms with van der Waals surface area (Å²) >= 11 is 0. The van der Waals surface area contributed by atoms with Crippen molar-refractivity contribution < 1.29 is 84.3 Å². The molecule has 17 heteroatoms. The summed E-state index contributed by atoms with van der Waals surface area (Å²) in [5.74, 6) is 0.916. The van der Waals surface area contributed by atoms with E-state index in [0.717, 1.165) is 51.4 Å². The van der Waals surface area contributed by atoms with Crippen LogP contribution in [0.1, 0.15) is 113 Å². The van der Waals surface area contributed by atoms with Gasteiger partial charge in [-0.05, 0) is 116 Å². The second kappa shape index (κ2) is 17.5. The minimum absolute atomic E-state index is 0.0510. The average Bonchev–Trinajstić information content (AvgIpc) is 3.24. The zero-order valence-electron chi connectivity index (χ0n) is 38.4. The van der Waals surface area contributed by atoms with Gasteiger partial charge in [0.1, 0.15) is 67.1 Å². The summed E-state index contributed by atoms with van der Waals surface area (Å²) in [6.45, 7) is 13.8. The minimum Gasteiger partial charge on any atom is -0.432 e. The molecule has 3 aliphatic heterocycles. The van der Waals surface area contributed by atoms with Gasteiger partial charge in [0, 0.05) is 0 Å². The standard InChI is InChI=1S/C47H76O17/c1-21-30(50)32(52)35(55)40(60-21)63-38-26(18-48)61-39(37(57)34(38)54)59-19-27-31(51)33(53)36(56)41(62-27)64-42(58)47-15-12-23-22-8-11-28-44(4,5)29(49)13-14-45(28,6)24(22)9-10-25(23)46(47,7)20-43(2,3)16-17-47/h12,21-22,24-41,48-57H,8-11,13-20H2,1-7H3. The topological polar surface area (TPSA) is 275 Å². The number of rotatable bonds is 8. The van der Waals surface area contributed by atoms with Crippen LogP contribution in [-0.4, -0.2) is 168 Å². The molecule has 8 aliphatic rings. The molecular weight excluding hydrogens is 837 g/mol. The molecule has 4 saturated carbocycles. The highest BCUT2D eigenvalue weighted by molar-refractivity contribution is 5.79. The van der Waals surface area contributed by atoms with E-state index in [9.17, 15) is 55.9 Å². The lowest BCUT2D eigenvalue weighted by molar-refractivity contribution is -0.361. The second-order valence-corrected chi connectivity index (χ2v) is 22.8. The summed E-state index contributed by atoms with van der Waals surface area (Å²) in [5, 5.41) is 107. The maximum Gasteiger partial charge on any atom is 0.315 e. The molecule has 5 aliphatic carbocycles. The average molecular weight is 913 g/mol. The summed E-state index contributed by atoms with van der Waals surface area (Å²) in [5.41, 5.74) is -0.0911. The van der Waals surface area contributed by atoms with Gasteiger partial charge in [-0.1, -0.05) is 53.2 Å². The number of allylic oxidation sites excluding steroid dienone is 2. The van der Waals surface area contributed by atoms with Crippen molar-refractivity contribution in [2.45, 2.75) is 211 Å². The first-order valence-electron chi connectivity index (χ1n) is 23.8. The van der Waals surface area contributed by atoms with Gasteiger partial charge in [0.25, 0.3) is 0 Å². The molecule has 0 bridgehead atoms. The molecule has 8 rings (SSSR count). The van der Waals surface area contributed by atoms with Gasteiger partial charge in [0.05, 0.1) is 30.8 Å². The van der Waals surface area contributed by atoms with E-state index in [1.807, 2.05) is 0 Å². The third-order valence-electron chi connectivity index (χ3n) is 18.5. The quantitative estimate of drug-likeness (QED) is 0.119. The number of hydrogen-bond acceptors (Lipinski definition) is 17.